The van der Waals surface area contributed by atoms with E-state index in [1.807, 2.05) is 0 Å². The Kier molecular flexibility index (Phi) is 6.07. The summed E-state index contributed by atoms with van der Waals surface area (Å²) in [6, 6.07) is 8.30. The van der Waals surface area contributed by atoms with E-state index in [2.05, 4.69) is 6.58 Å². The fourth-order valence-electron chi connectivity index (χ4n) is 0.581. The number of carboxylic acid groups (broad SMARTS) is 1. The monoisotopic (exact) mass is 194 g/mol. The number of carbonyl (C=O) groups is 1. The largest absolute Gasteiger partial charge is 0.478 e. The topological polar surface area (TPSA) is 57.5 Å². The zero-order valence-electron chi connectivity index (χ0n) is 8.05. The summed E-state index contributed by atoms with van der Waals surface area (Å²) in [6.45, 7) is 4.97. The van der Waals surface area contributed by atoms with E-state index in [0.29, 0.717) is 5.56 Å². The SMILES string of the molecule is C=C[C@H](C)O.O=C(O)c1ccccc1. The number of aliphatic hydroxyl groups is 1. The average molecular weight is 194 g/mol. The van der Waals surface area contributed by atoms with E-state index < -0.39 is 5.97 Å². The van der Waals surface area contributed by atoms with Crippen LogP contribution in [0.3, 0.4) is 0 Å². The van der Waals surface area contributed by atoms with Gasteiger partial charge in [-0.05, 0) is 19.1 Å². The first kappa shape index (κ1) is 12.4. The highest BCUT2D eigenvalue weighted by atomic mass is 16.4. The third-order valence-electron chi connectivity index (χ3n) is 1.36. The van der Waals surface area contributed by atoms with E-state index in [1.165, 1.54) is 6.08 Å². The van der Waals surface area contributed by atoms with Crippen molar-refractivity contribution >= 4 is 5.97 Å². The highest BCUT2D eigenvalue weighted by Crippen LogP contribution is 1.96. The summed E-state index contributed by atoms with van der Waals surface area (Å²) in [5, 5.41) is 16.6. The highest BCUT2D eigenvalue weighted by molar-refractivity contribution is 5.87. The molecule has 0 bridgehead atoms. The fourth-order valence-corrected chi connectivity index (χ4v) is 0.581. The molecule has 1 rings (SSSR count). The molecular weight excluding hydrogens is 180 g/mol. The fraction of sp³-hybridized carbons (Fsp3) is 0.182. The third-order valence-corrected chi connectivity index (χ3v) is 1.36. The van der Waals surface area contributed by atoms with Crippen LogP contribution in [0.15, 0.2) is 43.0 Å². The maximum absolute atomic E-state index is 10.2. The van der Waals surface area contributed by atoms with Gasteiger partial charge in [-0.25, -0.2) is 4.79 Å². The molecule has 1 aromatic carbocycles. The van der Waals surface area contributed by atoms with E-state index in [1.54, 1.807) is 37.3 Å². The molecule has 0 saturated heterocycles. The molecule has 3 nitrogen and oxygen atoms in total. The number of aliphatic hydroxyl groups excluding tert-OH is 1. The lowest BCUT2D eigenvalue weighted by molar-refractivity contribution is 0.0697. The molecule has 0 aliphatic carbocycles. The van der Waals surface area contributed by atoms with Crippen LogP contribution in [0.4, 0.5) is 0 Å². The van der Waals surface area contributed by atoms with Crippen LogP contribution in [-0.2, 0) is 0 Å². The Morgan fingerprint density at radius 3 is 2.07 bits per heavy atom. The van der Waals surface area contributed by atoms with Gasteiger partial charge in [-0.15, -0.1) is 6.58 Å². The van der Waals surface area contributed by atoms with Crippen molar-refractivity contribution in [2.45, 2.75) is 13.0 Å². The smallest absolute Gasteiger partial charge is 0.335 e. The van der Waals surface area contributed by atoms with Gasteiger partial charge in [0.15, 0.2) is 0 Å². The lowest BCUT2D eigenvalue weighted by Gasteiger charge is -1.88. The number of aromatic carboxylic acids is 1. The molecule has 0 aliphatic rings. The second kappa shape index (κ2) is 6.86. The Balaban J connectivity index is 0.000000292. The van der Waals surface area contributed by atoms with Crippen LogP contribution in [0.5, 0.6) is 0 Å². The molecule has 0 unspecified atom stereocenters. The lowest BCUT2D eigenvalue weighted by Crippen LogP contribution is -1.93. The second-order valence-corrected chi connectivity index (χ2v) is 2.65. The minimum Gasteiger partial charge on any atom is -0.478 e. The molecule has 0 heterocycles. The molecule has 0 aliphatic heterocycles. The predicted octanol–water partition coefficient (Wildman–Crippen LogP) is 1.94. The van der Waals surface area contributed by atoms with E-state index in [0.717, 1.165) is 0 Å². The Bertz CT molecular complexity index is 278. The van der Waals surface area contributed by atoms with Gasteiger partial charge in [-0.2, -0.15) is 0 Å². The maximum Gasteiger partial charge on any atom is 0.335 e. The summed E-state index contributed by atoms with van der Waals surface area (Å²) in [4.78, 5) is 10.2. The first-order valence-corrected chi connectivity index (χ1v) is 4.17. The minimum atomic E-state index is -0.879. The first-order valence-electron chi connectivity index (χ1n) is 4.17. The van der Waals surface area contributed by atoms with Gasteiger partial charge < -0.3 is 10.2 Å². The molecule has 1 atom stereocenters. The molecule has 0 spiro atoms. The van der Waals surface area contributed by atoms with E-state index >= 15 is 0 Å². The van der Waals surface area contributed by atoms with Crippen molar-refractivity contribution in [1.82, 2.24) is 0 Å². The quantitative estimate of drug-likeness (QED) is 0.707. The molecule has 3 heteroatoms. The summed E-state index contributed by atoms with van der Waals surface area (Å²) in [5.74, 6) is -0.879. The Labute approximate surface area is 83.3 Å². The number of hydrogen-bond donors (Lipinski definition) is 2. The van der Waals surface area contributed by atoms with Crippen molar-refractivity contribution in [2.24, 2.45) is 0 Å². The number of hydrogen-bond acceptors (Lipinski definition) is 2. The van der Waals surface area contributed by atoms with Crippen molar-refractivity contribution in [3.63, 3.8) is 0 Å². The van der Waals surface area contributed by atoms with E-state index in [-0.39, 0.29) is 6.10 Å². The van der Waals surface area contributed by atoms with Crippen LogP contribution in [0.2, 0.25) is 0 Å². The normalized spacial score (nSPS) is 10.7. The Hall–Kier alpha value is -1.61. The molecule has 2 N–H and O–H groups in total. The zero-order chi connectivity index (χ0) is 11.0. The van der Waals surface area contributed by atoms with Gasteiger partial charge in [0.25, 0.3) is 0 Å². The van der Waals surface area contributed by atoms with Crippen molar-refractivity contribution < 1.29 is 15.0 Å². The van der Waals surface area contributed by atoms with Gasteiger partial charge >= 0.3 is 5.97 Å². The summed E-state index contributed by atoms with van der Waals surface area (Å²) in [6.07, 6.45) is 1.12. The molecule has 0 fully saturated rings. The Morgan fingerprint density at radius 1 is 1.43 bits per heavy atom. The summed E-state index contributed by atoms with van der Waals surface area (Å²) in [7, 11) is 0. The zero-order valence-corrected chi connectivity index (χ0v) is 8.05. The summed E-state index contributed by atoms with van der Waals surface area (Å²) in [5.41, 5.74) is 0.331. The predicted molar refractivity (Wildman–Crippen MR) is 55.3 cm³/mol. The molecule has 76 valence electrons. The molecule has 0 aromatic heterocycles. The van der Waals surface area contributed by atoms with Gasteiger partial charge in [0.2, 0.25) is 0 Å². The van der Waals surface area contributed by atoms with E-state index in [4.69, 9.17) is 10.2 Å². The van der Waals surface area contributed by atoms with Gasteiger partial charge in [-0.1, -0.05) is 24.3 Å². The summed E-state index contributed by atoms with van der Waals surface area (Å²) >= 11 is 0. The molecule has 14 heavy (non-hydrogen) atoms. The van der Waals surface area contributed by atoms with Crippen LogP contribution in [0.1, 0.15) is 17.3 Å². The van der Waals surface area contributed by atoms with Crippen LogP contribution in [-0.4, -0.2) is 22.3 Å². The van der Waals surface area contributed by atoms with Crippen molar-refractivity contribution in [1.29, 1.82) is 0 Å². The lowest BCUT2D eigenvalue weighted by atomic mass is 10.2. The molecule has 0 radical (unpaired) electrons. The van der Waals surface area contributed by atoms with Gasteiger partial charge in [0.1, 0.15) is 0 Å². The average Bonchev–Trinajstić information content (AvgIpc) is 2.20. The molecular formula is C11H14O3. The molecule has 0 amide bonds. The van der Waals surface area contributed by atoms with Crippen molar-refractivity contribution in [2.75, 3.05) is 0 Å². The van der Waals surface area contributed by atoms with E-state index in [9.17, 15) is 4.79 Å². The Morgan fingerprint density at radius 2 is 1.86 bits per heavy atom. The van der Waals surface area contributed by atoms with Gasteiger partial charge in [0.05, 0.1) is 11.7 Å². The van der Waals surface area contributed by atoms with Gasteiger partial charge in [-0.3, -0.25) is 0 Å². The standard InChI is InChI=1S/C7H6O2.C4H8O/c8-7(9)6-4-2-1-3-5-6;1-3-4(2)5/h1-5H,(H,8,9);3-5H,1H2,2H3/t;4-/m.0/s1. The second-order valence-electron chi connectivity index (χ2n) is 2.65. The first-order chi connectivity index (χ1) is 6.57. The van der Waals surface area contributed by atoms with Crippen LogP contribution >= 0.6 is 0 Å². The number of rotatable bonds is 2. The van der Waals surface area contributed by atoms with Crippen molar-refractivity contribution in [3.05, 3.63) is 48.6 Å². The third kappa shape index (κ3) is 5.97. The minimum absolute atomic E-state index is 0.331. The maximum atomic E-state index is 10.2. The highest BCUT2D eigenvalue weighted by Gasteiger charge is 1.96. The van der Waals surface area contributed by atoms with Crippen molar-refractivity contribution in [3.8, 4) is 0 Å². The number of carboxylic acids is 1. The summed E-state index contributed by atoms with van der Waals surface area (Å²) < 4.78 is 0. The van der Waals surface area contributed by atoms with Crippen LogP contribution < -0.4 is 0 Å². The van der Waals surface area contributed by atoms with Gasteiger partial charge in [0, 0.05) is 0 Å². The molecule has 1 aromatic rings. The molecule has 0 saturated carbocycles. The number of benzene rings is 1. The van der Waals surface area contributed by atoms with Crippen LogP contribution in [0.25, 0.3) is 0 Å². The van der Waals surface area contributed by atoms with Crippen LogP contribution in [0, 0.1) is 0 Å².